The average Bonchev–Trinajstić information content (AvgIpc) is 2.53. The van der Waals surface area contributed by atoms with Crippen molar-refractivity contribution in [1.82, 2.24) is 0 Å². The summed E-state index contributed by atoms with van der Waals surface area (Å²) in [5, 5.41) is 13.0. The molecule has 0 saturated carbocycles. The summed E-state index contributed by atoms with van der Waals surface area (Å²) in [6, 6.07) is 4.83. The van der Waals surface area contributed by atoms with Gasteiger partial charge in [0.2, 0.25) is 9.84 Å². The van der Waals surface area contributed by atoms with Gasteiger partial charge in [0.25, 0.3) is 0 Å². The van der Waals surface area contributed by atoms with Crippen molar-refractivity contribution in [2.75, 3.05) is 0 Å². The molecule has 15 heteroatoms. The summed E-state index contributed by atoms with van der Waals surface area (Å²) in [6.45, 7) is 0. The van der Waals surface area contributed by atoms with Crippen molar-refractivity contribution in [2.24, 2.45) is 0 Å². The Bertz CT molecular complexity index is 1050. The molecular formula is C14H10F2Li2O8S3. The molecule has 2 aromatic carbocycles. The molecule has 0 heterocycles. The van der Waals surface area contributed by atoms with Crippen LogP contribution in [0, 0.1) is 11.6 Å². The molecule has 8 nitrogen and oxygen atoms in total. The molecular weight excluding hydrogens is 444 g/mol. The first-order valence-corrected chi connectivity index (χ1v) is 10.9. The van der Waals surface area contributed by atoms with Crippen molar-refractivity contribution in [2.45, 2.75) is 21.3 Å². The fourth-order valence-electron chi connectivity index (χ4n) is 2.26. The molecule has 29 heavy (non-hydrogen) atoms. The fourth-order valence-corrected chi connectivity index (χ4v) is 5.20. The van der Waals surface area contributed by atoms with Crippen LogP contribution in [0.25, 0.3) is 0 Å². The zero-order valence-electron chi connectivity index (χ0n) is 15.1. The van der Waals surface area contributed by atoms with E-state index in [4.69, 9.17) is 0 Å². The zero-order chi connectivity index (χ0) is 20.2. The molecule has 0 bridgehead atoms. The van der Waals surface area contributed by atoms with Crippen molar-refractivity contribution in [3.05, 3.63) is 59.2 Å². The van der Waals surface area contributed by atoms with E-state index in [-0.39, 0.29) is 49.0 Å². The van der Waals surface area contributed by atoms with Gasteiger partial charge in [-0.3, -0.25) is 5.04 Å². The predicted octanol–water partition coefficient (Wildman–Crippen LogP) is -4.78. The van der Waals surface area contributed by atoms with E-state index in [0.29, 0.717) is 18.1 Å². The maximum absolute atomic E-state index is 13.5. The molecule has 2 rings (SSSR count). The first-order valence-electron chi connectivity index (χ1n) is 6.88. The van der Waals surface area contributed by atoms with Crippen LogP contribution in [0.4, 0.5) is 8.78 Å². The van der Waals surface area contributed by atoms with Crippen LogP contribution in [0.3, 0.4) is 0 Å². The van der Waals surface area contributed by atoms with Crippen molar-refractivity contribution < 1.29 is 82.5 Å². The summed E-state index contributed by atoms with van der Waals surface area (Å²) in [5.74, 6) is -3.29. The van der Waals surface area contributed by atoms with Crippen LogP contribution in [0.2, 0.25) is 0 Å². The summed E-state index contributed by atoms with van der Waals surface area (Å²) in [4.78, 5) is -1.07. The topological polar surface area (TPSA) is 133 Å². The minimum Gasteiger partial charge on any atom is -0.748 e. The van der Waals surface area contributed by atoms with Gasteiger partial charge in [0.05, 0.1) is 25.7 Å². The zero-order valence-corrected chi connectivity index (χ0v) is 17.6. The molecule has 0 N–H and O–H groups in total. The molecule has 148 valence electrons. The molecule has 0 aliphatic rings. The number of rotatable bonds is 8. The minimum absolute atomic E-state index is 0. The Labute approximate surface area is 194 Å². The van der Waals surface area contributed by atoms with E-state index in [0.717, 1.165) is 30.3 Å². The van der Waals surface area contributed by atoms with Crippen LogP contribution >= 0.6 is 12.0 Å². The molecule has 0 aromatic heterocycles. The van der Waals surface area contributed by atoms with Crippen molar-refractivity contribution in [1.29, 1.82) is 0 Å². The van der Waals surface area contributed by atoms with Gasteiger partial charge in [-0.05, 0) is 47.5 Å². The number of hydrogen-bond acceptors (Lipinski definition) is 9. The Balaban J connectivity index is 0.00000392. The molecule has 0 amide bonds. The van der Waals surface area contributed by atoms with E-state index < -0.39 is 52.7 Å². The summed E-state index contributed by atoms with van der Waals surface area (Å²) in [6.07, 6.45) is 0. The Morgan fingerprint density at radius 3 is 1.86 bits per heavy atom. The van der Waals surface area contributed by atoms with Crippen molar-refractivity contribution in [3.8, 4) is 0 Å². The van der Waals surface area contributed by atoms with Gasteiger partial charge in [-0.1, -0.05) is 0 Å². The number of benzene rings is 2. The first kappa shape index (κ1) is 28.6. The first-order chi connectivity index (χ1) is 12.5. The number of hydrogen-bond donors (Lipinski definition) is 0. The smallest absolute Gasteiger partial charge is 0.748 e. The predicted molar refractivity (Wildman–Crippen MR) is 85.1 cm³/mol. The fraction of sp³-hybridized carbons (Fsp3) is 0.143. The minimum atomic E-state index is -4.91. The molecule has 0 unspecified atom stereocenters. The molecule has 0 atom stereocenters. The summed E-state index contributed by atoms with van der Waals surface area (Å²) in [5.41, 5.74) is -0.690. The van der Waals surface area contributed by atoms with E-state index in [1.165, 1.54) is 0 Å². The van der Waals surface area contributed by atoms with Crippen molar-refractivity contribution in [3.63, 3.8) is 0 Å². The Morgan fingerprint density at radius 1 is 0.897 bits per heavy atom. The Hall–Kier alpha value is -0.415. The van der Waals surface area contributed by atoms with E-state index in [2.05, 4.69) is 9.37 Å². The molecule has 0 fully saturated rings. The summed E-state index contributed by atoms with van der Waals surface area (Å²) >= 11 is 0.385. The van der Waals surface area contributed by atoms with Gasteiger partial charge < -0.3 is 9.81 Å². The number of halogens is 2. The molecule has 0 aliphatic carbocycles. The maximum Gasteiger partial charge on any atom is 1.00 e. The Morgan fingerprint density at radius 2 is 1.38 bits per heavy atom. The normalized spacial score (nSPS) is 11.4. The summed E-state index contributed by atoms with van der Waals surface area (Å²) < 4.78 is 89.9. The van der Waals surface area contributed by atoms with Gasteiger partial charge in [-0.25, -0.2) is 25.6 Å². The van der Waals surface area contributed by atoms with Gasteiger partial charge in [-0.15, -0.1) is 0 Å². The average molecular weight is 454 g/mol. The SMILES string of the molecule is O=S(=O)([O-])Cc1cc(F)ccc1S(=O)(=O)c1ccc(F)cc1CSOO[O-].[Li+].[Li+]. The molecule has 0 aliphatic heterocycles. The van der Waals surface area contributed by atoms with Crippen LogP contribution in [0.5, 0.6) is 0 Å². The van der Waals surface area contributed by atoms with Gasteiger partial charge in [0, 0.05) is 17.8 Å². The van der Waals surface area contributed by atoms with Crippen LogP contribution in [0.15, 0.2) is 46.2 Å². The third kappa shape index (κ3) is 7.97. The van der Waals surface area contributed by atoms with E-state index in [1.807, 2.05) is 0 Å². The molecule has 0 spiro atoms. The van der Waals surface area contributed by atoms with Crippen LogP contribution in [-0.4, -0.2) is 21.4 Å². The Kier molecular flexibility index (Phi) is 11.7. The molecule has 0 saturated heterocycles. The van der Waals surface area contributed by atoms with E-state index in [9.17, 15) is 35.4 Å². The third-order valence-electron chi connectivity index (χ3n) is 3.25. The molecule has 0 radical (unpaired) electrons. The van der Waals surface area contributed by atoms with Crippen LogP contribution in [-0.2, 0) is 40.8 Å². The maximum atomic E-state index is 13.5. The molecule has 2 aromatic rings. The standard InChI is InChI=1S/C14H12F2O8S3.2Li/c15-11-1-3-13(9(5-11)7-25-24-23-17)27(21,22)14-4-2-12(16)6-10(14)8-26(18,19)20;;/h1-6,17H,7-8H2,(H,18,19,20);;/q;2*+1/p-2. The van der Waals surface area contributed by atoms with Gasteiger partial charge in [0.15, 0.2) is 0 Å². The third-order valence-corrected chi connectivity index (χ3v) is 6.45. The second-order valence-corrected chi connectivity index (χ2v) is 9.06. The largest absolute Gasteiger partial charge is 1.00 e. The second kappa shape index (κ2) is 11.8. The van der Waals surface area contributed by atoms with Crippen molar-refractivity contribution >= 4 is 32.0 Å². The van der Waals surface area contributed by atoms with E-state index >= 15 is 0 Å². The quantitative estimate of drug-likeness (QED) is 0.0733. The van der Waals surface area contributed by atoms with Gasteiger partial charge in [-0.2, -0.15) is 4.33 Å². The number of sulfone groups is 1. The van der Waals surface area contributed by atoms with E-state index in [1.54, 1.807) is 0 Å². The van der Waals surface area contributed by atoms with Gasteiger partial charge in [0.1, 0.15) is 11.6 Å². The second-order valence-electron chi connectivity index (χ2n) is 5.11. The van der Waals surface area contributed by atoms with Crippen LogP contribution < -0.4 is 43.0 Å². The van der Waals surface area contributed by atoms with Gasteiger partial charge >= 0.3 is 37.7 Å². The monoisotopic (exact) mass is 454 g/mol. The van der Waals surface area contributed by atoms with Crippen LogP contribution in [0.1, 0.15) is 11.1 Å². The summed E-state index contributed by atoms with van der Waals surface area (Å²) in [7, 11) is -9.38.